The van der Waals surface area contributed by atoms with Gasteiger partial charge in [-0.15, -0.1) is 0 Å². The lowest BCUT2D eigenvalue weighted by Gasteiger charge is -2.57. The maximum absolute atomic E-state index is 12.0. The van der Waals surface area contributed by atoms with Crippen LogP contribution < -0.4 is 5.73 Å². The summed E-state index contributed by atoms with van der Waals surface area (Å²) in [6.07, 6.45) is 9.44. The lowest BCUT2D eigenvalue weighted by molar-refractivity contribution is -0.126. The molecule has 4 aliphatic rings. The zero-order valence-electron chi connectivity index (χ0n) is 11.8. The average molecular weight is 249 g/mol. The lowest BCUT2D eigenvalue weighted by atomic mass is 9.48. The highest BCUT2D eigenvalue weighted by atomic mass is 16.1. The third-order valence-corrected chi connectivity index (χ3v) is 5.75. The molecule has 0 aromatic heterocycles. The summed E-state index contributed by atoms with van der Waals surface area (Å²) in [4.78, 5) is 12.0. The van der Waals surface area contributed by atoms with E-state index in [1.807, 2.05) is 13.8 Å². The molecule has 0 aromatic carbocycles. The fourth-order valence-corrected chi connectivity index (χ4v) is 5.54. The second-order valence-electron chi connectivity index (χ2n) is 7.79. The summed E-state index contributed by atoms with van der Waals surface area (Å²) in [5, 5.41) is 0. The lowest BCUT2D eigenvalue weighted by Crippen LogP contribution is -2.49. The molecule has 1 unspecified atom stereocenters. The van der Waals surface area contributed by atoms with Gasteiger partial charge in [0.15, 0.2) is 5.78 Å². The number of carbonyl (C=O) groups is 1. The molecule has 0 radical (unpaired) electrons. The Kier molecular flexibility index (Phi) is 3.04. The van der Waals surface area contributed by atoms with Gasteiger partial charge < -0.3 is 5.73 Å². The fraction of sp³-hybridized carbons (Fsp3) is 0.938. The minimum Gasteiger partial charge on any atom is -0.321 e. The van der Waals surface area contributed by atoms with E-state index in [1.54, 1.807) is 0 Å². The maximum Gasteiger partial charge on any atom is 0.152 e. The molecule has 1 atom stereocenters. The van der Waals surface area contributed by atoms with E-state index >= 15 is 0 Å². The van der Waals surface area contributed by atoms with Crippen molar-refractivity contribution < 1.29 is 4.79 Å². The van der Waals surface area contributed by atoms with Crippen LogP contribution in [0, 0.1) is 29.1 Å². The predicted octanol–water partition coefficient (Wildman–Crippen LogP) is 3.15. The van der Waals surface area contributed by atoms with Crippen LogP contribution in [0.5, 0.6) is 0 Å². The number of hydrogen-bond donors (Lipinski definition) is 1. The van der Waals surface area contributed by atoms with E-state index in [9.17, 15) is 4.79 Å². The molecule has 4 fully saturated rings. The molecule has 2 N–H and O–H groups in total. The van der Waals surface area contributed by atoms with Crippen LogP contribution in [0.15, 0.2) is 0 Å². The van der Waals surface area contributed by atoms with Crippen LogP contribution in [0.4, 0.5) is 0 Å². The van der Waals surface area contributed by atoms with E-state index in [1.165, 1.54) is 38.5 Å². The molecular formula is C16H27NO. The maximum atomic E-state index is 12.0. The second kappa shape index (κ2) is 4.33. The average Bonchev–Trinajstić information content (AvgIpc) is 2.24. The number of nitrogens with two attached hydrogens (primary N) is 1. The number of ketones is 1. The minimum atomic E-state index is -0.207. The number of carbonyl (C=O) groups excluding carboxylic acids is 1. The molecule has 0 heterocycles. The Morgan fingerprint density at radius 2 is 1.56 bits per heavy atom. The van der Waals surface area contributed by atoms with Gasteiger partial charge >= 0.3 is 0 Å². The topological polar surface area (TPSA) is 43.1 Å². The predicted molar refractivity (Wildman–Crippen MR) is 73.0 cm³/mol. The van der Waals surface area contributed by atoms with E-state index < -0.39 is 0 Å². The van der Waals surface area contributed by atoms with Crippen molar-refractivity contribution in [2.75, 3.05) is 0 Å². The van der Waals surface area contributed by atoms with Gasteiger partial charge in [-0.25, -0.2) is 0 Å². The molecule has 102 valence electrons. The number of hydrogen-bond acceptors (Lipinski definition) is 2. The van der Waals surface area contributed by atoms with Crippen molar-refractivity contribution in [1.82, 2.24) is 0 Å². The summed E-state index contributed by atoms with van der Waals surface area (Å²) in [5.74, 6) is 3.23. The SMILES string of the molecule is CC(C)C(=O)C(N)CC12CC3CC(CC(C3)C1)C2. The van der Waals surface area contributed by atoms with Crippen molar-refractivity contribution in [3.05, 3.63) is 0 Å². The Labute approximate surface area is 111 Å². The van der Waals surface area contributed by atoms with Gasteiger partial charge in [0.25, 0.3) is 0 Å². The van der Waals surface area contributed by atoms with Crippen molar-refractivity contribution >= 4 is 5.78 Å². The van der Waals surface area contributed by atoms with Gasteiger partial charge in [0.05, 0.1) is 6.04 Å². The molecule has 0 spiro atoms. The zero-order chi connectivity index (χ0) is 12.9. The van der Waals surface area contributed by atoms with E-state index in [0.29, 0.717) is 5.41 Å². The third kappa shape index (κ3) is 2.13. The number of rotatable bonds is 4. The first-order valence-electron chi connectivity index (χ1n) is 7.77. The van der Waals surface area contributed by atoms with Crippen molar-refractivity contribution in [1.29, 1.82) is 0 Å². The zero-order valence-corrected chi connectivity index (χ0v) is 11.8. The third-order valence-electron chi connectivity index (χ3n) is 5.75. The van der Waals surface area contributed by atoms with Crippen molar-refractivity contribution in [2.24, 2.45) is 34.8 Å². The van der Waals surface area contributed by atoms with E-state index in [2.05, 4.69) is 0 Å². The van der Waals surface area contributed by atoms with Gasteiger partial charge in [-0.2, -0.15) is 0 Å². The normalized spacial score (nSPS) is 43.4. The molecule has 0 aromatic rings. The van der Waals surface area contributed by atoms with Crippen LogP contribution in [-0.2, 0) is 4.79 Å². The van der Waals surface area contributed by atoms with Crippen LogP contribution >= 0.6 is 0 Å². The first kappa shape index (κ1) is 12.7. The highest BCUT2D eigenvalue weighted by Crippen LogP contribution is 2.61. The summed E-state index contributed by atoms with van der Waals surface area (Å²) in [5.41, 5.74) is 6.63. The quantitative estimate of drug-likeness (QED) is 0.831. The van der Waals surface area contributed by atoms with Gasteiger partial charge in [0, 0.05) is 5.92 Å². The van der Waals surface area contributed by atoms with E-state index in [-0.39, 0.29) is 17.7 Å². The fourth-order valence-electron chi connectivity index (χ4n) is 5.54. The van der Waals surface area contributed by atoms with Gasteiger partial charge in [-0.1, -0.05) is 13.8 Å². The second-order valence-corrected chi connectivity index (χ2v) is 7.79. The molecular weight excluding hydrogens is 222 g/mol. The molecule has 4 saturated carbocycles. The molecule has 2 heteroatoms. The van der Waals surface area contributed by atoms with Gasteiger partial charge in [0.1, 0.15) is 0 Å². The molecule has 0 amide bonds. The standard InChI is InChI=1S/C16H27NO/c1-10(2)15(18)14(17)9-16-6-11-3-12(7-16)5-13(4-11)8-16/h10-14H,3-9,17H2,1-2H3. The highest BCUT2D eigenvalue weighted by Gasteiger charge is 2.51. The first-order valence-corrected chi connectivity index (χ1v) is 7.77. The number of Topliss-reactive ketones (excluding diaryl/α,β-unsaturated/α-hetero) is 1. The monoisotopic (exact) mass is 249 g/mol. The van der Waals surface area contributed by atoms with Crippen molar-refractivity contribution in [3.8, 4) is 0 Å². The van der Waals surface area contributed by atoms with Crippen molar-refractivity contribution in [3.63, 3.8) is 0 Å². The molecule has 0 saturated heterocycles. The molecule has 4 bridgehead atoms. The Bertz CT molecular complexity index is 312. The van der Waals surface area contributed by atoms with Gasteiger partial charge in [-0.3, -0.25) is 4.79 Å². The summed E-state index contributed by atoms with van der Waals surface area (Å²) in [6.45, 7) is 3.95. The van der Waals surface area contributed by atoms with Crippen molar-refractivity contribution in [2.45, 2.75) is 64.8 Å². The highest BCUT2D eigenvalue weighted by molar-refractivity contribution is 5.85. The summed E-state index contributed by atoms with van der Waals surface area (Å²) in [7, 11) is 0. The minimum absolute atomic E-state index is 0.0916. The first-order chi connectivity index (χ1) is 8.47. The molecule has 2 nitrogen and oxygen atoms in total. The van der Waals surface area contributed by atoms with Crippen LogP contribution in [0.25, 0.3) is 0 Å². The van der Waals surface area contributed by atoms with E-state index in [0.717, 1.165) is 24.2 Å². The summed E-state index contributed by atoms with van der Waals surface area (Å²) in [6, 6.07) is -0.207. The smallest absolute Gasteiger partial charge is 0.152 e. The Morgan fingerprint density at radius 3 is 1.94 bits per heavy atom. The summed E-state index contributed by atoms with van der Waals surface area (Å²) < 4.78 is 0. The summed E-state index contributed by atoms with van der Waals surface area (Å²) >= 11 is 0. The Morgan fingerprint density at radius 1 is 1.11 bits per heavy atom. The van der Waals surface area contributed by atoms with Gasteiger partial charge in [0.2, 0.25) is 0 Å². The van der Waals surface area contributed by atoms with Crippen LogP contribution in [-0.4, -0.2) is 11.8 Å². The molecule has 4 aliphatic carbocycles. The van der Waals surface area contributed by atoms with Gasteiger partial charge in [-0.05, 0) is 68.1 Å². The van der Waals surface area contributed by atoms with E-state index in [4.69, 9.17) is 5.73 Å². The van der Waals surface area contributed by atoms with Crippen LogP contribution in [0.2, 0.25) is 0 Å². The van der Waals surface area contributed by atoms with Crippen LogP contribution in [0.1, 0.15) is 58.8 Å². The Hall–Kier alpha value is -0.370. The Balaban J connectivity index is 1.70. The largest absolute Gasteiger partial charge is 0.321 e. The van der Waals surface area contributed by atoms with Crippen LogP contribution in [0.3, 0.4) is 0 Å². The molecule has 0 aliphatic heterocycles. The molecule has 18 heavy (non-hydrogen) atoms. The molecule has 4 rings (SSSR count).